The lowest BCUT2D eigenvalue weighted by atomic mass is 10.6. The van der Waals surface area contributed by atoms with E-state index in [-0.39, 0.29) is 17.8 Å². The Bertz CT molecular complexity index is 738. The van der Waals surface area contributed by atoms with E-state index in [1.807, 2.05) is 6.92 Å². The summed E-state index contributed by atoms with van der Waals surface area (Å²) >= 11 is 0. The Balaban J connectivity index is 2.04. The van der Waals surface area contributed by atoms with Crippen LogP contribution in [-0.4, -0.2) is 48.8 Å². The molecular weight excluding hydrogens is 324 g/mol. The average molecular weight is 342 g/mol. The molecule has 2 aromatic heterocycles. The molecule has 126 valence electrons. The highest BCUT2D eigenvalue weighted by Crippen LogP contribution is 2.17. The van der Waals surface area contributed by atoms with Crippen LogP contribution in [0.4, 0.5) is 5.95 Å². The van der Waals surface area contributed by atoms with Crippen LogP contribution in [0.3, 0.4) is 0 Å². The first-order valence-electron chi connectivity index (χ1n) is 6.72. The van der Waals surface area contributed by atoms with Gasteiger partial charge in [0.05, 0.1) is 27.0 Å². The normalized spacial score (nSPS) is 11.3. The summed E-state index contributed by atoms with van der Waals surface area (Å²) in [6, 6.07) is 1.51. The molecule has 11 heteroatoms. The molecule has 0 radical (unpaired) electrons. The largest absolute Gasteiger partial charge is 0.481 e. The van der Waals surface area contributed by atoms with Gasteiger partial charge in [-0.05, 0) is 6.92 Å². The molecule has 2 N–H and O–H groups in total. The van der Waals surface area contributed by atoms with E-state index >= 15 is 0 Å². The van der Waals surface area contributed by atoms with Crippen LogP contribution in [0.15, 0.2) is 23.6 Å². The quantitative estimate of drug-likeness (QED) is 0.646. The van der Waals surface area contributed by atoms with Gasteiger partial charge < -0.3 is 19.4 Å². The predicted octanol–water partition coefficient (Wildman–Crippen LogP) is 0.0581. The first-order valence-corrected chi connectivity index (χ1v) is 8.20. The highest BCUT2D eigenvalue weighted by atomic mass is 32.2. The number of nitrogens with zero attached hydrogens (tertiary/aromatic N) is 4. The maximum absolute atomic E-state index is 12.2. The van der Waals surface area contributed by atoms with Crippen LogP contribution < -0.4 is 19.5 Å². The Labute approximate surface area is 133 Å². The molecule has 0 bridgehead atoms. The van der Waals surface area contributed by atoms with Gasteiger partial charge in [-0.3, -0.25) is 0 Å². The highest BCUT2D eigenvalue weighted by Gasteiger charge is 2.19. The molecule has 2 rings (SSSR count). The SMILES string of the molecule is CCn1ccnc1S(=O)(=O)NCNc1nc(OC)cc(OC)n1. The molecule has 0 atom stereocenters. The zero-order valence-electron chi connectivity index (χ0n) is 13.0. The first kappa shape index (κ1) is 17.0. The number of aromatic nitrogens is 4. The third kappa shape index (κ3) is 4.07. The number of rotatable bonds is 8. The van der Waals surface area contributed by atoms with Crippen molar-refractivity contribution in [2.45, 2.75) is 18.6 Å². The predicted molar refractivity (Wildman–Crippen MR) is 81.8 cm³/mol. The number of sulfonamides is 1. The van der Waals surface area contributed by atoms with E-state index in [9.17, 15) is 8.42 Å². The van der Waals surface area contributed by atoms with Gasteiger partial charge in [-0.15, -0.1) is 0 Å². The van der Waals surface area contributed by atoms with Crippen molar-refractivity contribution < 1.29 is 17.9 Å². The number of anilines is 1. The molecule has 0 unspecified atom stereocenters. The Kier molecular flexibility index (Phi) is 5.34. The van der Waals surface area contributed by atoms with Crippen LogP contribution in [0, 0.1) is 0 Å². The van der Waals surface area contributed by atoms with Gasteiger partial charge in [-0.2, -0.15) is 14.7 Å². The summed E-state index contributed by atoms with van der Waals surface area (Å²) in [4.78, 5) is 11.9. The lowest BCUT2D eigenvalue weighted by molar-refractivity contribution is 0.373. The molecule has 0 aliphatic heterocycles. The van der Waals surface area contributed by atoms with Crippen LogP contribution in [0.1, 0.15) is 6.92 Å². The molecule has 2 heterocycles. The number of aryl methyl sites for hydroxylation is 1. The molecule has 0 spiro atoms. The van der Waals surface area contributed by atoms with E-state index < -0.39 is 10.0 Å². The number of hydrogen-bond donors (Lipinski definition) is 2. The van der Waals surface area contributed by atoms with Gasteiger partial charge in [0.15, 0.2) is 0 Å². The summed E-state index contributed by atoms with van der Waals surface area (Å²) < 4.78 is 38.3. The topological polar surface area (TPSA) is 120 Å². The fraction of sp³-hybridized carbons (Fsp3) is 0.417. The van der Waals surface area contributed by atoms with Gasteiger partial charge in [-0.25, -0.2) is 13.4 Å². The van der Waals surface area contributed by atoms with Gasteiger partial charge in [0, 0.05) is 18.9 Å². The summed E-state index contributed by atoms with van der Waals surface area (Å²) in [7, 11) is -0.826. The minimum atomic E-state index is -3.74. The molecule has 2 aromatic rings. The van der Waals surface area contributed by atoms with Crippen molar-refractivity contribution in [3.8, 4) is 11.8 Å². The van der Waals surface area contributed by atoms with E-state index in [2.05, 4.69) is 25.0 Å². The minimum absolute atomic E-state index is 0.0501. The number of methoxy groups -OCH3 is 2. The maximum atomic E-state index is 12.2. The van der Waals surface area contributed by atoms with Gasteiger partial charge >= 0.3 is 0 Å². The molecule has 10 nitrogen and oxygen atoms in total. The minimum Gasteiger partial charge on any atom is -0.481 e. The Morgan fingerprint density at radius 3 is 2.43 bits per heavy atom. The highest BCUT2D eigenvalue weighted by molar-refractivity contribution is 7.89. The monoisotopic (exact) mass is 342 g/mol. The zero-order chi connectivity index (χ0) is 16.9. The lowest BCUT2D eigenvalue weighted by Gasteiger charge is -2.10. The van der Waals surface area contributed by atoms with Crippen molar-refractivity contribution in [1.82, 2.24) is 24.2 Å². The van der Waals surface area contributed by atoms with Crippen molar-refractivity contribution in [3.63, 3.8) is 0 Å². The van der Waals surface area contributed by atoms with Gasteiger partial charge in [0.25, 0.3) is 10.0 Å². The molecule has 0 fully saturated rings. The van der Waals surface area contributed by atoms with Gasteiger partial charge in [0.2, 0.25) is 22.9 Å². The van der Waals surface area contributed by atoms with Crippen LogP contribution in [0.2, 0.25) is 0 Å². The van der Waals surface area contributed by atoms with Crippen molar-refractivity contribution in [3.05, 3.63) is 18.5 Å². The molecule has 0 aliphatic rings. The van der Waals surface area contributed by atoms with E-state index in [1.165, 1.54) is 31.0 Å². The van der Waals surface area contributed by atoms with Crippen molar-refractivity contribution in [2.75, 3.05) is 26.2 Å². The Hall–Kier alpha value is -2.40. The Morgan fingerprint density at radius 1 is 1.22 bits per heavy atom. The summed E-state index contributed by atoms with van der Waals surface area (Å²) in [6.45, 7) is 2.21. The summed E-state index contributed by atoms with van der Waals surface area (Å²) in [5, 5.41) is 2.69. The molecule has 23 heavy (non-hydrogen) atoms. The summed E-state index contributed by atoms with van der Waals surface area (Å²) in [5.74, 6) is 0.759. The fourth-order valence-electron chi connectivity index (χ4n) is 1.75. The molecule has 0 saturated heterocycles. The van der Waals surface area contributed by atoms with Crippen LogP contribution in [0.25, 0.3) is 0 Å². The Morgan fingerprint density at radius 2 is 1.87 bits per heavy atom. The fourth-order valence-corrected chi connectivity index (χ4v) is 2.84. The lowest BCUT2D eigenvalue weighted by Crippen LogP contribution is -2.31. The van der Waals surface area contributed by atoms with Crippen molar-refractivity contribution >= 4 is 16.0 Å². The van der Waals surface area contributed by atoms with E-state index in [0.717, 1.165) is 0 Å². The molecule has 0 saturated carbocycles. The smallest absolute Gasteiger partial charge is 0.276 e. The third-order valence-electron chi connectivity index (χ3n) is 2.86. The molecular formula is C12H18N6O4S. The molecule has 0 aromatic carbocycles. The second kappa shape index (κ2) is 7.24. The summed E-state index contributed by atoms with van der Waals surface area (Å²) in [6.07, 6.45) is 3.03. The second-order valence-corrected chi connectivity index (χ2v) is 5.93. The van der Waals surface area contributed by atoms with Crippen LogP contribution in [-0.2, 0) is 16.6 Å². The number of ether oxygens (including phenoxy) is 2. The maximum Gasteiger partial charge on any atom is 0.276 e. The number of hydrogen-bond acceptors (Lipinski definition) is 8. The second-order valence-electron chi connectivity index (χ2n) is 4.27. The zero-order valence-corrected chi connectivity index (χ0v) is 13.8. The van der Waals surface area contributed by atoms with E-state index in [0.29, 0.717) is 18.3 Å². The number of imidazole rings is 1. The van der Waals surface area contributed by atoms with Gasteiger partial charge in [-0.1, -0.05) is 0 Å². The van der Waals surface area contributed by atoms with Crippen LogP contribution in [0.5, 0.6) is 11.8 Å². The van der Waals surface area contributed by atoms with E-state index in [1.54, 1.807) is 6.20 Å². The van der Waals surface area contributed by atoms with Crippen LogP contribution >= 0.6 is 0 Å². The standard InChI is InChI=1S/C12H18N6O4S/c1-4-18-6-5-13-12(18)23(19,20)15-8-14-11-16-9(21-2)7-10(17-11)22-3/h5-7,15H,4,8H2,1-3H3,(H,14,16,17). The van der Waals surface area contributed by atoms with E-state index in [4.69, 9.17) is 9.47 Å². The molecule has 0 aliphatic carbocycles. The molecule has 0 amide bonds. The van der Waals surface area contributed by atoms with Gasteiger partial charge in [0.1, 0.15) is 0 Å². The summed E-state index contributed by atoms with van der Waals surface area (Å²) in [5.41, 5.74) is 0. The third-order valence-corrected chi connectivity index (χ3v) is 4.21. The van der Waals surface area contributed by atoms with Crippen molar-refractivity contribution in [1.29, 1.82) is 0 Å². The first-order chi connectivity index (χ1) is 11.0. The average Bonchev–Trinajstić information content (AvgIpc) is 3.04. The number of nitrogens with one attached hydrogen (secondary N) is 2. The van der Waals surface area contributed by atoms with Crippen molar-refractivity contribution in [2.24, 2.45) is 0 Å².